The Morgan fingerprint density at radius 3 is 2.35 bits per heavy atom. The summed E-state index contributed by atoms with van der Waals surface area (Å²) in [6.45, 7) is 0. The minimum atomic E-state index is -0.299. The highest BCUT2D eigenvalue weighted by Crippen LogP contribution is 2.56. The van der Waals surface area contributed by atoms with Crippen LogP contribution >= 0.6 is 48.7 Å². The molecular weight excluding hydrogens is 364 g/mol. The number of hydrogen-bond acceptors (Lipinski definition) is 7. The monoisotopic (exact) mass is 386 g/mol. The van der Waals surface area contributed by atoms with Crippen molar-refractivity contribution in [3.8, 4) is 0 Å². The molecule has 0 bridgehead atoms. The molecule has 1 atom stereocenters. The van der Waals surface area contributed by atoms with E-state index in [4.69, 9.17) is 14.3 Å². The lowest BCUT2D eigenvalue weighted by atomic mass is 9.61. The summed E-state index contributed by atoms with van der Waals surface area (Å²) < 4.78 is 10.0. The lowest BCUT2D eigenvalue weighted by Crippen LogP contribution is -2.61. The van der Waals surface area contributed by atoms with Crippen LogP contribution in [-0.4, -0.2) is 19.4 Å². The van der Waals surface area contributed by atoms with E-state index in [1.165, 1.54) is 56.5 Å². The molecule has 4 nitrogen and oxygen atoms in total. The Morgan fingerprint density at radius 1 is 1.04 bits per heavy atom. The molecule has 1 aliphatic heterocycles. The number of aromatic nitrogens is 2. The van der Waals surface area contributed by atoms with Crippen LogP contribution in [0.1, 0.15) is 63.6 Å². The van der Waals surface area contributed by atoms with Gasteiger partial charge in [-0.3, -0.25) is 0 Å². The van der Waals surface area contributed by atoms with Crippen LogP contribution in [0, 0.1) is 5.92 Å². The Hall–Kier alpha value is 0.240. The first-order chi connectivity index (χ1) is 11.2. The molecule has 126 valence electrons. The molecule has 23 heavy (non-hydrogen) atoms. The van der Waals surface area contributed by atoms with E-state index in [9.17, 15) is 0 Å². The van der Waals surface area contributed by atoms with Crippen molar-refractivity contribution in [2.24, 2.45) is 10.9 Å². The molecule has 0 saturated heterocycles. The van der Waals surface area contributed by atoms with Gasteiger partial charge in [-0.2, -0.15) is 4.37 Å². The average Bonchev–Trinajstić information content (AvgIpc) is 3.29. The zero-order valence-electron chi connectivity index (χ0n) is 13.0. The van der Waals surface area contributed by atoms with Gasteiger partial charge in [0.15, 0.2) is 10.2 Å². The van der Waals surface area contributed by atoms with E-state index in [0.717, 1.165) is 27.4 Å². The van der Waals surface area contributed by atoms with E-state index in [1.807, 2.05) is 0 Å². The van der Waals surface area contributed by atoms with Gasteiger partial charge >= 0.3 is 0 Å². The molecule has 0 spiro atoms. The Kier molecular flexibility index (Phi) is 4.73. The molecule has 2 heterocycles. The smallest absolute Gasteiger partial charge is 0.167 e. The number of aliphatic imine (C=N–C) groups is 1. The van der Waals surface area contributed by atoms with Gasteiger partial charge < -0.3 is 0 Å². The molecular formula is C15H22N4S4. The van der Waals surface area contributed by atoms with Crippen LogP contribution < -0.4 is 4.72 Å². The molecule has 2 saturated carbocycles. The first kappa shape index (κ1) is 16.7. The summed E-state index contributed by atoms with van der Waals surface area (Å²) in [4.78, 5) is 9.84. The normalized spacial score (nSPS) is 31.5. The molecule has 4 rings (SSSR count). The Labute approximate surface area is 156 Å². The first-order valence-corrected chi connectivity index (χ1v) is 10.9. The molecule has 1 aromatic rings. The Morgan fingerprint density at radius 2 is 1.78 bits per heavy atom. The van der Waals surface area contributed by atoms with E-state index in [2.05, 4.69) is 30.0 Å². The van der Waals surface area contributed by atoms with Gasteiger partial charge in [0.1, 0.15) is 10.0 Å². The van der Waals surface area contributed by atoms with Crippen molar-refractivity contribution in [2.75, 3.05) is 0 Å². The van der Waals surface area contributed by atoms with Gasteiger partial charge in [0, 0.05) is 0 Å². The maximum Gasteiger partial charge on any atom is 0.167 e. The van der Waals surface area contributed by atoms with Gasteiger partial charge in [0.2, 0.25) is 0 Å². The molecule has 0 radical (unpaired) electrons. The van der Waals surface area contributed by atoms with Crippen LogP contribution in [-0.2, 0) is 5.41 Å². The highest BCUT2D eigenvalue weighted by molar-refractivity contribution is 8.31. The van der Waals surface area contributed by atoms with Crippen LogP contribution in [0.15, 0.2) is 9.33 Å². The zero-order valence-corrected chi connectivity index (χ0v) is 16.4. The fourth-order valence-corrected chi connectivity index (χ4v) is 6.64. The average molecular weight is 387 g/mol. The van der Waals surface area contributed by atoms with Gasteiger partial charge in [0.25, 0.3) is 0 Å². The van der Waals surface area contributed by atoms with Crippen molar-refractivity contribution >= 4 is 53.1 Å². The summed E-state index contributed by atoms with van der Waals surface area (Å²) in [7, 11) is 0. The minimum absolute atomic E-state index is 0.116. The lowest BCUT2D eigenvalue weighted by Gasteiger charge is -2.50. The summed E-state index contributed by atoms with van der Waals surface area (Å²) in [6, 6.07) is 0. The fourth-order valence-electron chi connectivity index (χ4n) is 4.77. The second-order valence-electron chi connectivity index (χ2n) is 6.89. The van der Waals surface area contributed by atoms with Gasteiger partial charge in [-0.25, -0.2) is 14.7 Å². The quantitative estimate of drug-likeness (QED) is 0.530. The van der Waals surface area contributed by atoms with Gasteiger partial charge in [-0.15, -0.1) is 25.3 Å². The van der Waals surface area contributed by atoms with E-state index >= 15 is 0 Å². The second-order valence-corrected chi connectivity index (χ2v) is 9.89. The molecule has 8 heteroatoms. The van der Waals surface area contributed by atoms with Crippen LogP contribution in [0.3, 0.4) is 0 Å². The summed E-state index contributed by atoms with van der Waals surface area (Å²) in [5.74, 6) is 1.50. The van der Waals surface area contributed by atoms with Crippen molar-refractivity contribution in [3.63, 3.8) is 0 Å². The van der Waals surface area contributed by atoms with Crippen LogP contribution in [0.4, 0.5) is 0 Å². The topological polar surface area (TPSA) is 50.2 Å². The third-order valence-corrected chi connectivity index (χ3v) is 7.72. The molecule has 1 unspecified atom stereocenters. The number of nitrogens with zero attached hydrogens (tertiary/aromatic N) is 3. The van der Waals surface area contributed by atoms with Gasteiger partial charge in [0.05, 0.1) is 5.41 Å². The second kappa shape index (κ2) is 6.52. The first-order valence-electron chi connectivity index (χ1n) is 8.42. The van der Waals surface area contributed by atoms with Crippen molar-refractivity contribution in [2.45, 2.75) is 73.2 Å². The van der Waals surface area contributed by atoms with E-state index < -0.39 is 0 Å². The molecule has 1 aromatic heterocycles. The summed E-state index contributed by atoms with van der Waals surface area (Å²) >= 11 is 12.0. The van der Waals surface area contributed by atoms with Crippen molar-refractivity contribution < 1.29 is 0 Å². The molecule has 1 N–H and O–H groups in total. The third-order valence-electron chi connectivity index (χ3n) is 5.80. The van der Waals surface area contributed by atoms with Gasteiger partial charge in [-0.1, -0.05) is 32.1 Å². The Balaban J connectivity index is 1.85. The lowest BCUT2D eigenvalue weighted by molar-refractivity contribution is 0.0849. The number of nitrogens with one attached hydrogen (secondary N) is 1. The third kappa shape index (κ3) is 2.69. The minimum Gasteiger partial charge on any atom is -0.246 e. The van der Waals surface area contributed by atoms with E-state index in [0.29, 0.717) is 5.92 Å². The van der Waals surface area contributed by atoms with Crippen molar-refractivity contribution in [1.29, 1.82) is 0 Å². The van der Waals surface area contributed by atoms with Crippen molar-refractivity contribution in [1.82, 2.24) is 14.1 Å². The van der Waals surface area contributed by atoms with Crippen LogP contribution in [0.2, 0.25) is 0 Å². The summed E-state index contributed by atoms with van der Waals surface area (Å²) in [5, 5.41) is 0. The van der Waals surface area contributed by atoms with Gasteiger partial charge in [-0.05, 0) is 55.1 Å². The molecule has 0 aromatic carbocycles. The Bertz CT molecular complexity index is 604. The van der Waals surface area contributed by atoms with Crippen LogP contribution in [0.25, 0.3) is 0 Å². The fraction of sp³-hybridized carbons (Fsp3) is 0.800. The van der Waals surface area contributed by atoms with E-state index in [1.54, 1.807) is 11.9 Å². The molecule has 0 amide bonds. The standard InChI is InChI=1S/C15H22N4S4/c20-12-16-11(18-22-12)14(8-4-1-5-9-14)15(10-6-2-3-7-10)17-13(21)23-19-15/h10,19H,1-9H2,(H,17,21)(H,16,18,20). The molecule has 2 fully saturated rings. The largest absolute Gasteiger partial charge is 0.246 e. The maximum atomic E-state index is 5.12. The zero-order chi connectivity index (χ0) is 15.9. The SMILES string of the molecule is SC1=NC(C2CCCC2)(C2(c3nsc(S)n3)CCCCC2)NS1. The maximum absolute atomic E-state index is 5.12. The predicted molar refractivity (Wildman–Crippen MR) is 104 cm³/mol. The highest BCUT2D eigenvalue weighted by Gasteiger charge is 2.61. The number of hydrogen-bond donors (Lipinski definition) is 3. The van der Waals surface area contributed by atoms with E-state index in [-0.39, 0.29) is 11.1 Å². The van der Waals surface area contributed by atoms with Crippen molar-refractivity contribution in [3.05, 3.63) is 5.82 Å². The molecule has 3 aliphatic rings. The predicted octanol–water partition coefficient (Wildman–Crippen LogP) is 4.45. The summed E-state index contributed by atoms with van der Waals surface area (Å²) in [6.07, 6.45) is 11.0. The highest BCUT2D eigenvalue weighted by atomic mass is 32.2. The molecule has 2 aliphatic carbocycles. The van der Waals surface area contributed by atoms with Crippen LogP contribution in [0.5, 0.6) is 0 Å². The number of thiol groups is 2. The summed E-state index contributed by atoms with van der Waals surface area (Å²) in [5.41, 5.74) is -0.415. The number of rotatable bonds is 3.